The fraction of sp³-hybridized carbons (Fsp3) is 0.833. The van der Waals surface area contributed by atoms with Crippen LogP contribution in [0.1, 0.15) is 1.43 Å². The van der Waals surface area contributed by atoms with Gasteiger partial charge < -0.3 is 31.8 Å². The zero-order chi connectivity index (χ0) is 9.72. The SMILES string of the molecule is O=C[C@H](O)[C@@H](O)[C@H](O)[C@H](O)CO.[H-].[Na+]. The molecule has 0 saturated carbocycles. The molecule has 0 aliphatic heterocycles. The second-order valence-corrected chi connectivity index (χ2v) is 2.36. The van der Waals surface area contributed by atoms with E-state index in [9.17, 15) is 4.79 Å². The summed E-state index contributed by atoms with van der Waals surface area (Å²) in [6, 6.07) is 0. The zero-order valence-corrected chi connectivity index (χ0v) is 9.24. The van der Waals surface area contributed by atoms with Gasteiger partial charge in [-0.25, -0.2) is 0 Å². The number of aliphatic hydroxyl groups is 5. The molecule has 0 saturated heterocycles. The molecule has 0 bridgehead atoms. The average molecular weight is 204 g/mol. The van der Waals surface area contributed by atoms with E-state index in [0.29, 0.717) is 0 Å². The van der Waals surface area contributed by atoms with Crippen LogP contribution in [0.4, 0.5) is 0 Å². The Morgan fingerprint density at radius 1 is 1.15 bits per heavy atom. The van der Waals surface area contributed by atoms with E-state index in [1.807, 2.05) is 0 Å². The molecule has 0 heterocycles. The molecule has 0 amide bonds. The summed E-state index contributed by atoms with van der Waals surface area (Å²) < 4.78 is 0. The summed E-state index contributed by atoms with van der Waals surface area (Å²) in [7, 11) is 0. The fourth-order valence-corrected chi connectivity index (χ4v) is 0.618. The number of carbonyl (C=O) groups is 1. The molecule has 7 heteroatoms. The van der Waals surface area contributed by atoms with Crippen molar-refractivity contribution >= 4 is 6.29 Å². The Bertz CT molecular complexity index is 148. The molecule has 0 aromatic carbocycles. The van der Waals surface area contributed by atoms with Crippen LogP contribution in [0, 0.1) is 0 Å². The number of hydrogen-bond acceptors (Lipinski definition) is 6. The number of carbonyl (C=O) groups excluding carboxylic acids is 1. The minimum Gasteiger partial charge on any atom is -1.00 e. The third kappa shape index (κ3) is 5.04. The second-order valence-electron chi connectivity index (χ2n) is 2.36. The first-order chi connectivity index (χ1) is 5.54. The average Bonchev–Trinajstić information content (AvgIpc) is 2.12. The van der Waals surface area contributed by atoms with Crippen LogP contribution in [0.5, 0.6) is 0 Å². The third-order valence-corrected chi connectivity index (χ3v) is 1.42. The molecule has 0 aromatic heterocycles. The normalized spacial score (nSPS) is 19.5. The third-order valence-electron chi connectivity index (χ3n) is 1.42. The summed E-state index contributed by atoms with van der Waals surface area (Å²) in [6.07, 6.45) is -6.84. The summed E-state index contributed by atoms with van der Waals surface area (Å²) in [4.78, 5) is 9.90. The minimum atomic E-state index is -1.79. The Labute approximate surface area is 98.6 Å². The molecule has 0 unspecified atom stereocenters. The number of aliphatic hydroxyl groups excluding tert-OH is 5. The van der Waals surface area contributed by atoms with Crippen molar-refractivity contribution in [2.75, 3.05) is 6.61 Å². The Balaban J connectivity index is -0.000000605. The van der Waals surface area contributed by atoms with Crippen molar-refractivity contribution in [3.8, 4) is 0 Å². The van der Waals surface area contributed by atoms with E-state index in [2.05, 4.69) is 0 Å². The van der Waals surface area contributed by atoms with Crippen molar-refractivity contribution in [3.63, 3.8) is 0 Å². The van der Waals surface area contributed by atoms with Gasteiger partial charge in [-0.05, 0) is 0 Å². The van der Waals surface area contributed by atoms with E-state index in [0.717, 1.165) is 0 Å². The van der Waals surface area contributed by atoms with E-state index < -0.39 is 31.0 Å². The van der Waals surface area contributed by atoms with E-state index >= 15 is 0 Å². The molecule has 0 aliphatic rings. The van der Waals surface area contributed by atoms with Crippen LogP contribution in [-0.4, -0.2) is 62.8 Å². The van der Waals surface area contributed by atoms with E-state index in [4.69, 9.17) is 25.5 Å². The maximum atomic E-state index is 9.90. The van der Waals surface area contributed by atoms with Gasteiger partial charge in [-0.1, -0.05) is 0 Å². The van der Waals surface area contributed by atoms with Crippen LogP contribution in [0.2, 0.25) is 0 Å². The van der Waals surface area contributed by atoms with Gasteiger partial charge in [-0.15, -0.1) is 0 Å². The van der Waals surface area contributed by atoms with Gasteiger partial charge in [0.2, 0.25) is 0 Å². The largest absolute Gasteiger partial charge is 1.00 e. The predicted molar refractivity (Wildman–Crippen MR) is 38.3 cm³/mol. The molecule has 74 valence electrons. The van der Waals surface area contributed by atoms with Crippen molar-refractivity contribution in [1.82, 2.24) is 0 Å². The van der Waals surface area contributed by atoms with Gasteiger partial charge in [0.15, 0.2) is 6.29 Å². The zero-order valence-electron chi connectivity index (χ0n) is 8.24. The van der Waals surface area contributed by atoms with Crippen molar-refractivity contribution < 1.29 is 61.3 Å². The van der Waals surface area contributed by atoms with Crippen LogP contribution < -0.4 is 29.6 Å². The Hall–Kier alpha value is 0.470. The molecule has 5 N–H and O–H groups in total. The molecule has 6 nitrogen and oxygen atoms in total. The molecule has 0 aromatic rings. The molecule has 0 rings (SSSR count). The molecular weight excluding hydrogens is 191 g/mol. The van der Waals surface area contributed by atoms with E-state index in [1.165, 1.54) is 0 Å². The first-order valence-electron chi connectivity index (χ1n) is 3.33. The summed E-state index contributed by atoms with van der Waals surface area (Å²) in [5, 5.41) is 43.5. The van der Waals surface area contributed by atoms with Gasteiger partial charge in [0.25, 0.3) is 0 Å². The van der Waals surface area contributed by atoms with Gasteiger partial charge in [-0.2, -0.15) is 0 Å². The Kier molecular flexibility index (Phi) is 9.60. The van der Waals surface area contributed by atoms with Crippen molar-refractivity contribution in [2.45, 2.75) is 24.4 Å². The smallest absolute Gasteiger partial charge is 1.00 e. The Morgan fingerprint density at radius 2 is 1.62 bits per heavy atom. The van der Waals surface area contributed by atoms with Gasteiger partial charge in [-0.3, -0.25) is 0 Å². The van der Waals surface area contributed by atoms with Crippen molar-refractivity contribution in [3.05, 3.63) is 0 Å². The summed E-state index contributed by atoms with van der Waals surface area (Å²) >= 11 is 0. The van der Waals surface area contributed by atoms with Crippen LogP contribution in [0.3, 0.4) is 0 Å². The van der Waals surface area contributed by atoms with Gasteiger partial charge in [0, 0.05) is 0 Å². The van der Waals surface area contributed by atoms with E-state index in [-0.39, 0.29) is 37.3 Å². The molecule has 0 spiro atoms. The monoisotopic (exact) mass is 204 g/mol. The van der Waals surface area contributed by atoms with Crippen molar-refractivity contribution in [1.29, 1.82) is 0 Å². The number of aldehydes is 1. The van der Waals surface area contributed by atoms with Gasteiger partial charge in [0.1, 0.15) is 24.4 Å². The first-order valence-corrected chi connectivity index (χ1v) is 3.33. The standard InChI is InChI=1S/C6H12O6.Na.H/c7-1-3(9)5(11)6(12)4(10)2-8;;/h1,3-6,8-12H,2H2;;/q;+1;-1/t3-,4+,5+,6+;;/m0../s1. The molecule has 4 atom stereocenters. The minimum absolute atomic E-state index is 0. The van der Waals surface area contributed by atoms with Crippen LogP contribution in [0.25, 0.3) is 0 Å². The maximum absolute atomic E-state index is 9.90. The molecule has 0 radical (unpaired) electrons. The number of hydrogen-bond donors (Lipinski definition) is 5. The molecule has 13 heavy (non-hydrogen) atoms. The van der Waals surface area contributed by atoms with Crippen LogP contribution >= 0.6 is 0 Å². The van der Waals surface area contributed by atoms with Gasteiger partial charge >= 0.3 is 29.6 Å². The van der Waals surface area contributed by atoms with Crippen LogP contribution in [-0.2, 0) is 4.79 Å². The molecular formula is C6H13NaO6. The summed E-state index contributed by atoms with van der Waals surface area (Å²) in [6.45, 7) is -0.760. The Morgan fingerprint density at radius 3 is 1.92 bits per heavy atom. The van der Waals surface area contributed by atoms with Crippen LogP contribution in [0.15, 0.2) is 0 Å². The summed E-state index contributed by atoms with van der Waals surface area (Å²) in [5.74, 6) is 0. The van der Waals surface area contributed by atoms with Gasteiger partial charge in [0.05, 0.1) is 6.61 Å². The predicted octanol–water partition coefficient (Wildman–Crippen LogP) is -6.26. The van der Waals surface area contributed by atoms with E-state index in [1.54, 1.807) is 0 Å². The molecule has 0 aliphatic carbocycles. The molecule has 0 fully saturated rings. The topological polar surface area (TPSA) is 118 Å². The summed E-state index contributed by atoms with van der Waals surface area (Å²) in [5.41, 5.74) is 0. The quantitative estimate of drug-likeness (QED) is 0.224. The number of rotatable bonds is 5. The maximum Gasteiger partial charge on any atom is 1.00 e. The second kappa shape index (κ2) is 7.84. The first kappa shape index (κ1) is 15.9. The fourth-order valence-electron chi connectivity index (χ4n) is 0.618. The van der Waals surface area contributed by atoms with Crippen molar-refractivity contribution in [2.24, 2.45) is 0 Å².